The van der Waals surface area contributed by atoms with Gasteiger partial charge >= 0.3 is 0 Å². The highest BCUT2D eigenvalue weighted by Crippen LogP contribution is 2.30. The minimum absolute atomic E-state index is 0.0354. The van der Waals surface area contributed by atoms with Gasteiger partial charge in [-0.15, -0.1) is 0 Å². The first kappa shape index (κ1) is 29.7. The Labute approximate surface area is 227 Å². The summed E-state index contributed by atoms with van der Waals surface area (Å²) in [5.41, 5.74) is 3.99. The van der Waals surface area contributed by atoms with E-state index in [1.807, 2.05) is 0 Å². The molecule has 1 aromatic rings. The number of carbonyl (C=O) groups is 1. The Kier molecular flexibility index (Phi) is 12.4. The van der Waals surface area contributed by atoms with Crippen LogP contribution in [0.15, 0.2) is 24.4 Å². The fourth-order valence-corrected chi connectivity index (χ4v) is 6.22. The van der Waals surface area contributed by atoms with E-state index < -0.39 is 0 Å². The lowest BCUT2D eigenvalue weighted by Crippen LogP contribution is -2.47. The van der Waals surface area contributed by atoms with Crippen LogP contribution in [0.4, 0.5) is 5.69 Å². The minimum atomic E-state index is -0.145. The maximum absolute atomic E-state index is 12.3. The number of allylic oxidation sites excluding steroid dienone is 1. The number of aryl methyl sites for hydroxylation is 1. The van der Waals surface area contributed by atoms with Crippen LogP contribution in [0.5, 0.6) is 0 Å². The molecule has 5 rings (SSSR count). The van der Waals surface area contributed by atoms with Crippen molar-refractivity contribution >= 4 is 11.6 Å². The number of hydrogen-bond acceptors (Lipinski definition) is 4. The predicted octanol–water partition coefficient (Wildman–Crippen LogP) is 7.35. The van der Waals surface area contributed by atoms with E-state index in [1.165, 1.54) is 89.4 Å². The van der Waals surface area contributed by atoms with Gasteiger partial charge in [-0.2, -0.15) is 0 Å². The molecule has 3 aliphatic heterocycles. The third kappa shape index (κ3) is 9.12. The van der Waals surface area contributed by atoms with Gasteiger partial charge in [0.1, 0.15) is 0 Å². The molecule has 5 nitrogen and oxygen atoms in total. The average Bonchev–Trinajstić information content (AvgIpc) is 2.91. The highest BCUT2D eigenvalue weighted by atomic mass is 16.2. The van der Waals surface area contributed by atoms with Crippen molar-refractivity contribution in [3.05, 3.63) is 35.8 Å². The van der Waals surface area contributed by atoms with Crippen LogP contribution in [-0.4, -0.2) is 48.0 Å². The fraction of sp³-hybridized carbons (Fsp3) is 0.750. The van der Waals surface area contributed by atoms with Crippen molar-refractivity contribution in [2.45, 2.75) is 123 Å². The van der Waals surface area contributed by atoms with Gasteiger partial charge < -0.3 is 15.1 Å². The van der Waals surface area contributed by atoms with E-state index >= 15 is 0 Å². The molecule has 1 N–H and O–H groups in total. The molecular formula is C32H54N4O. The molecule has 1 atom stereocenters. The molecular weight excluding hydrogens is 456 g/mol. The summed E-state index contributed by atoms with van der Waals surface area (Å²) >= 11 is 0. The van der Waals surface area contributed by atoms with Crippen LogP contribution in [0.1, 0.15) is 122 Å². The number of piperidine rings is 3. The summed E-state index contributed by atoms with van der Waals surface area (Å²) in [4.78, 5) is 22.3. The second kappa shape index (κ2) is 15.5. The summed E-state index contributed by atoms with van der Waals surface area (Å²) in [6.07, 6.45) is 17.0. The monoisotopic (exact) mass is 510 g/mol. The van der Waals surface area contributed by atoms with Crippen molar-refractivity contribution in [3.8, 4) is 0 Å². The van der Waals surface area contributed by atoms with E-state index in [2.05, 4.69) is 61.5 Å². The number of amides is 1. The maximum atomic E-state index is 12.3. The largest absolute Gasteiger partial charge is 0.370 e. The molecule has 1 amide bonds. The number of nitrogens with zero attached hydrogens (tertiary/aromatic N) is 3. The summed E-state index contributed by atoms with van der Waals surface area (Å²) in [5, 5.41) is 2.87. The van der Waals surface area contributed by atoms with Crippen LogP contribution in [0.25, 0.3) is 0 Å². The Balaban J connectivity index is 0.000000321. The Morgan fingerprint density at radius 1 is 0.919 bits per heavy atom. The fourth-order valence-electron chi connectivity index (χ4n) is 6.22. The lowest BCUT2D eigenvalue weighted by atomic mass is 9.91. The zero-order chi connectivity index (χ0) is 26.6. The molecule has 5 heteroatoms. The maximum Gasteiger partial charge on any atom is 0.233 e. The van der Waals surface area contributed by atoms with E-state index in [1.54, 1.807) is 0 Å². The van der Waals surface area contributed by atoms with Gasteiger partial charge in [0.15, 0.2) is 0 Å². The molecule has 208 valence electrons. The molecule has 0 aromatic carbocycles. The molecule has 0 radical (unpaired) electrons. The lowest BCUT2D eigenvalue weighted by molar-refractivity contribution is -0.122. The molecule has 4 fully saturated rings. The molecule has 3 saturated heterocycles. The van der Waals surface area contributed by atoms with Crippen LogP contribution < -0.4 is 10.2 Å². The van der Waals surface area contributed by atoms with E-state index in [-0.39, 0.29) is 11.8 Å². The predicted molar refractivity (Wildman–Crippen MR) is 157 cm³/mol. The van der Waals surface area contributed by atoms with E-state index in [9.17, 15) is 4.79 Å². The van der Waals surface area contributed by atoms with Gasteiger partial charge in [0.05, 0.1) is 23.0 Å². The van der Waals surface area contributed by atoms with Crippen LogP contribution in [0, 0.1) is 12.8 Å². The summed E-state index contributed by atoms with van der Waals surface area (Å²) in [6.45, 7) is 17.3. The van der Waals surface area contributed by atoms with E-state index in [0.29, 0.717) is 0 Å². The van der Waals surface area contributed by atoms with Crippen LogP contribution >= 0.6 is 0 Å². The molecule has 0 bridgehead atoms. The van der Waals surface area contributed by atoms with Crippen molar-refractivity contribution in [1.29, 1.82) is 0 Å². The van der Waals surface area contributed by atoms with Crippen LogP contribution in [-0.2, 0) is 4.79 Å². The van der Waals surface area contributed by atoms with Crippen molar-refractivity contribution in [2.75, 3.05) is 31.1 Å². The number of nitrogens with one attached hydrogen (secondary N) is 1. The standard InChI is InChI=1S/C22H32N4O.C7H14.C3H8/c1-16-6-7-19(22(27)23-16)20-8-9-21(17(2)24-20)26-14-10-18(11-15-26)25-12-4-3-5-13-25;1-7-5-3-2-4-6-7;1-3-2/h8-9,18-19H,1,3-7,10-15H2,2H3,(H,23,27);7H,2-6H2,1H3;3H2,1-2H3. The normalized spacial score (nSPS) is 23.9. The van der Waals surface area contributed by atoms with Crippen molar-refractivity contribution in [1.82, 2.24) is 15.2 Å². The van der Waals surface area contributed by atoms with Gasteiger partial charge in [0.2, 0.25) is 5.91 Å². The van der Waals surface area contributed by atoms with Crippen LogP contribution in [0.3, 0.4) is 0 Å². The molecule has 1 saturated carbocycles. The van der Waals surface area contributed by atoms with Crippen molar-refractivity contribution < 1.29 is 4.79 Å². The topological polar surface area (TPSA) is 48.5 Å². The zero-order valence-corrected chi connectivity index (χ0v) is 24.4. The first-order chi connectivity index (χ1) is 17.9. The first-order valence-corrected chi connectivity index (χ1v) is 15.4. The van der Waals surface area contributed by atoms with E-state index in [0.717, 1.165) is 55.0 Å². The number of hydrogen-bond donors (Lipinski definition) is 1. The molecule has 1 unspecified atom stereocenters. The Morgan fingerprint density at radius 3 is 2.08 bits per heavy atom. The Bertz CT molecular complexity index is 833. The van der Waals surface area contributed by atoms with Gasteiger partial charge in [0.25, 0.3) is 0 Å². The number of rotatable bonds is 3. The number of carbonyl (C=O) groups excluding carboxylic acids is 1. The van der Waals surface area contributed by atoms with Crippen molar-refractivity contribution in [3.63, 3.8) is 0 Å². The van der Waals surface area contributed by atoms with Crippen LogP contribution in [0.2, 0.25) is 0 Å². The van der Waals surface area contributed by atoms with Gasteiger partial charge in [-0.25, -0.2) is 0 Å². The molecule has 0 spiro atoms. The molecule has 37 heavy (non-hydrogen) atoms. The van der Waals surface area contributed by atoms with Gasteiger partial charge in [0, 0.05) is 24.8 Å². The summed E-state index contributed by atoms with van der Waals surface area (Å²) < 4.78 is 0. The number of anilines is 1. The van der Waals surface area contributed by atoms with Crippen molar-refractivity contribution in [2.24, 2.45) is 5.92 Å². The first-order valence-electron chi connectivity index (χ1n) is 15.4. The minimum Gasteiger partial charge on any atom is -0.370 e. The van der Waals surface area contributed by atoms with Gasteiger partial charge in [-0.05, 0) is 76.6 Å². The summed E-state index contributed by atoms with van der Waals surface area (Å²) in [6, 6.07) is 4.99. The average molecular weight is 511 g/mol. The number of pyridine rings is 1. The SMILES string of the molecule is C=C1CCC(c2ccc(N3CCC(N4CCCCC4)CC3)c(C)n2)C(=O)N1.CC1CCCCC1.CCC. The molecule has 4 aliphatic rings. The lowest BCUT2D eigenvalue weighted by Gasteiger charge is -2.41. The Morgan fingerprint density at radius 2 is 1.54 bits per heavy atom. The zero-order valence-electron chi connectivity index (χ0n) is 24.4. The smallest absolute Gasteiger partial charge is 0.233 e. The summed E-state index contributed by atoms with van der Waals surface area (Å²) in [5.74, 6) is 0.926. The highest BCUT2D eigenvalue weighted by Gasteiger charge is 2.29. The Hall–Kier alpha value is -1.88. The second-order valence-corrected chi connectivity index (χ2v) is 11.8. The van der Waals surface area contributed by atoms with Gasteiger partial charge in [-0.1, -0.05) is 72.3 Å². The van der Waals surface area contributed by atoms with E-state index in [4.69, 9.17) is 4.98 Å². The number of likely N-dealkylation sites (tertiary alicyclic amines) is 1. The van der Waals surface area contributed by atoms with Gasteiger partial charge in [-0.3, -0.25) is 9.78 Å². The highest BCUT2D eigenvalue weighted by molar-refractivity contribution is 5.85. The molecule has 4 heterocycles. The third-order valence-electron chi connectivity index (χ3n) is 8.39. The quantitative estimate of drug-likeness (QED) is 0.462. The molecule has 1 aromatic heterocycles. The second-order valence-electron chi connectivity index (χ2n) is 11.8. The number of aromatic nitrogens is 1. The summed E-state index contributed by atoms with van der Waals surface area (Å²) in [7, 11) is 0. The third-order valence-corrected chi connectivity index (χ3v) is 8.39. The molecule has 1 aliphatic carbocycles.